The molecule has 4 rings (SSSR count). The van der Waals surface area contributed by atoms with Crippen LogP contribution in [0.15, 0.2) is 24.5 Å². The Morgan fingerprint density at radius 1 is 1.35 bits per heavy atom. The van der Waals surface area contributed by atoms with Crippen molar-refractivity contribution in [3.63, 3.8) is 0 Å². The van der Waals surface area contributed by atoms with E-state index in [1.54, 1.807) is 6.07 Å². The summed E-state index contributed by atoms with van der Waals surface area (Å²) in [5.41, 5.74) is 1.17. The highest BCUT2D eigenvalue weighted by Crippen LogP contribution is 2.32. The quantitative estimate of drug-likeness (QED) is 0.643. The van der Waals surface area contributed by atoms with E-state index >= 15 is 0 Å². The zero-order valence-electron chi connectivity index (χ0n) is 13.7. The van der Waals surface area contributed by atoms with Crippen LogP contribution in [0.5, 0.6) is 0 Å². The van der Waals surface area contributed by atoms with Gasteiger partial charge >= 0.3 is 5.97 Å². The highest BCUT2D eigenvalue weighted by Gasteiger charge is 2.31. The molecule has 0 radical (unpaired) electrons. The van der Waals surface area contributed by atoms with Crippen molar-refractivity contribution in [3.05, 3.63) is 30.3 Å². The van der Waals surface area contributed by atoms with Gasteiger partial charge in [0.2, 0.25) is 0 Å². The van der Waals surface area contributed by atoms with Gasteiger partial charge in [0.05, 0.1) is 36.1 Å². The van der Waals surface area contributed by atoms with Crippen molar-refractivity contribution in [1.82, 2.24) is 15.0 Å². The summed E-state index contributed by atoms with van der Waals surface area (Å²) in [6.07, 6.45) is 0.158. The molecule has 3 heterocycles. The molecule has 0 unspecified atom stereocenters. The molecule has 8 nitrogen and oxygen atoms in total. The van der Waals surface area contributed by atoms with Crippen molar-refractivity contribution in [3.8, 4) is 0 Å². The Labute approximate surface area is 147 Å². The maximum absolute atomic E-state index is 13.5. The van der Waals surface area contributed by atoms with Gasteiger partial charge in [-0.15, -0.1) is 0 Å². The smallest absolute Gasteiger partial charge is 0.306 e. The number of aliphatic hydroxyl groups is 1. The molecule has 0 amide bonds. The number of ether oxygens (including phenoxy) is 1. The van der Waals surface area contributed by atoms with Crippen LogP contribution in [0.2, 0.25) is 0 Å². The first-order chi connectivity index (χ1) is 12.5. The molecule has 3 N–H and O–H groups in total. The lowest BCUT2D eigenvalue weighted by Gasteiger charge is -2.37. The number of nitrogens with one attached hydrogen (secondary N) is 1. The molecule has 26 heavy (non-hydrogen) atoms. The van der Waals surface area contributed by atoms with Gasteiger partial charge in [0.1, 0.15) is 23.6 Å². The monoisotopic (exact) mass is 360 g/mol. The van der Waals surface area contributed by atoms with Crippen molar-refractivity contribution in [2.24, 2.45) is 0 Å². The maximum Gasteiger partial charge on any atom is 0.306 e. The first-order valence-corrected chi connectivity index (χ1v) is 8.20. The highest BCUT2D eigenvalue weighted by molar-refractivity contribution is 6.11. The molecular formula is C17H17FN4O4. The van der Waals surface area contributed by atoms with Gasteiger partial charge in [-0.25, -0.2) is 14.4 Å². The number of hydrogen-bond donors (Lipinski definition) is 3. The summed E-state index contributed by atoms with van der Waals surface area (Å²) in [6, 6.07) is 4.42. The molecule has 1 aromatic carbocycles. The number of aromatic amines is 1. The Bertz CT molecular complexity index is 976. The van der Waals surface area contributed by atoms with Crippen molar-refractivity contribution in [2.75, 3.05) is 24.6 Å². The zero-order chi connectivity index (χ0) is 18.3. The van der Waals surface area contributed by atoms with Gasteiger partial charge in [-0.1, -0.05) is 0 Å². The number of aliphatic hydroxyl groups excluding tert-OH is 1. The van der Waals surface area contributed by atoms with Gasteiger partial charge in [-0.05, 0) is 18.2 Å². The van der Waals surface area contributed by atoms with E-state index < -0.39 is 18.2 Å². The van der Waals surface area contributed by atoms with Crippen molar-refractivity contribution in [2.45, 2.75) is 18.6 Å². The van der Waals surface area contributed by atoms with E-state index in [9.17, 15) is 14.3 Å². The third-order valence-electron chi connectivity index (χ3n) is 4.47. The number of aromatic nitrogens is 3. The molecule has 0 spiro atoms. The third kappa shape index (κ3) is 2.95. The average molecular weight is 360 g/mol. The fourth-order valence-electron chi connectivity index (χ4n) is 3.43. The number of fused-ring (bicyclic) bond motifs is 3. The second-order valence-corrected chi connectivity index (χ2v) is 6.30. The van der Waals surface area contributed by atoms with Crippen LogP contribution in [0.1, 0.15) is 6.42 Å². The molecule has 1 aliphatic heterocycles. The molecule has 1 saturated heterocycles. The van der Waals surface area contributed by atoms with E-state index in [1.165, 1.54) is 18.5 Å². The van der Waals surface area contributed by atoms with Crippen LogP contribution in [0.3, 0.4) is 0 Å². The average Bonchev–Trinajstić information content (AvgIpc) is 2.98. The molecule has 9 heteroatoms. The predicted octanol–water partition coefficient (Wildman–Crippen LogP) is 1.29. The molecule has 0 saturated carbocycles. The van der Waals surface area contributed by atoms with Crippen LogP contribution in [-0.4, -0.2) is 63.0 Å². The van der Waals surface area contributed by atoms with E-state index in [0.29, 0.717) is 30.1 Å². The molecule has 1 fully saturated rings. The number of carboxylic acids is 1. The number of morpholine rings is 1. The summed E-state index contributed by atoms with van der Waals surface area (Å²) in [7, 11) is 0. The van der Waals surface area contributed by atoms with Gasteiger partial charge in [-0.3, -0.25) is 4.79 Å². The Kier molecular flexibility index (Phi) is 4.17. The minimum atomic E-state index is -0.969. The van der Waals surface area contributed by atoms with Gasteiger partial charge in [0.15, 0.2) is 0 Å². The fraction of sp³-hybridized carbons (Fsp3) is 0.353. The van der Waals surface area contributed by atoms with Crippen LogP contribution >= 0.6 is 0 Å². The normalized spacial score (nSPS) is 20.8. The summed E-state index contributed by atoms with van der Waals surface area (Å²) < 4.78 is 19.1. The van der Waals surface area contributed by atoms with Gasteiger partial charge < -0.3 is 24.8 Å². The number of H-pyrrole nitrogens is 1. The Morgan fingerprint density at radius 3 is 2.92 bits per heavy atom. The Morgan fingerprint density at radius 2 is 2.15 bits per heavy atom. The lowest BCUT2D eigenvalue weighted by atomic mass is 10.1. The summed E-state index contributed by atoms with van der Waals surface area (Å²) in [4.78, 5) is 24.6. The zero-order valence-corrected chi connectivity index (χ0v) is 13.7. The lowest BCUT2D eigenvalue weighted by molar-refractivity contribution is -0.142. The highest BCUT2D eigenvalue weighted by atomic mass is 19.1. The number of nitrogens with zero attached hydrogens (tertiary/aromatic N) is 3. The van der Waals surface area contributed by atoms with Gasteiger partial charge in [0.25, 0.3) is 0 Å². The maximum atomic E-state index is 13.5. The minimum Gasteiger partial charge on any atom is -0.481 e. The number of aliphatic carboxylic acids is 1. The molecular weight excluding hydrogens is 343 g/mol. The van der Waals surface area contributed by atoms with Crippen LogP contribution in [0, 0.1) is 5.82 Å². The van der Waals surface area contributed by atoms with Crippen LogP contribution < -0.4 is 4.90 Å². The lowest BCUT2D eigenvalue weighted by Crippen LogP contribution is -2.50. The predicted molar refractivity (Wildman–Crippen MR) is 91.6 cm³/mol. The molecule has 3 aromatic rings. The molecule has 0 aliphatic carbocycles. The topological polar surface area (TPSA) is 112 Å². The number of anilines is 1. The van der Waals surface area contributed by atoms with E-state index in [2.05, 4.69) is 15.0 Å². The largest absolute Gasteiger partial charge is 0.481 e. The number of hydrogen-bond acceptors (Lipinski definition) is 6. The van der Waals surface area contributed by atoms with Gasteiger partial charge in [-0.2, -0.15) is 0 Å². The fourth-order valence-corrected chi connectivity index (χ4v) is 3.43. The second kappa shape index (κ2) is 6.50. The van der Waals surface area contributed by atoms with E-state index in [0.717, 1.165) is 10.8 Å². The summed E-state index contributed by atoms with van der Waals surface area (Å²) in [6.45, 7) is 0.468. The number of benzene rings is 1. The van der Waals surface area contributed by atoms with Crippen LogP contribution in [0.4, 0.5) is 10.2 Å². The summed E-state index contributed by atoms with van der Waals surface area (Å²) in [5.74, 6) is -0.722. The molecule has 2 aromatic heterocycles. The number of halogens is 1. The van der Waals surface area contributed by atoms with Crippen molar-refractivity contribution < 1.29 is 24.1 Å². The summed E-state index contributed by atoms with van der Waals surface area (Å²) >= 11 is 0. The van der Waals surface area contributed by atoms with Gasteiger partial charge in [0, 0.05) is 18.5 Å². The van der Waals surface area contributed by atoms with E-state index in [-0.39, 0.29) is 18.8 Å². The second-order valence-electron chi connectivity index (χ2n) is 6.30. The van der Waals surface area contributed by atoms with Crippen LogP contribution in [0.25, 0.3) is 21.9 Å². The van der Waals surface area contributed by atoms with Crippen LogP contribution in [-0.2, 0) is 9.53 Å². The standard InChI is InChI=1S/C17H17FN4O4/c18-9-1-2-12-13(3-9)21-16-15(12)17(20-8-19-16)22-5-10(4-14(24)25)26-11(6-22)7-23/h1-3,8,10-11,23H,4-7H2,(H,24,25)(H,19,20,21)/t10-,11-/m1/s1. The summed E-state index contributed by atoms with van der Waals surface area (Å²) in [5, 5.41) is 20.1. The van der Waals surface area contributed by atoms with E-state index in [4.69, 9.17) is 9.84 Å². The SMILES string of the molecule is O=C(O)C[C@@H]1CN(c2ncnc3[nH]c4cc(F)ccc4c23)C[C@H](CO)O1. The molecule has 0 bridgehead atoms. The minimum absolute atomic E-state index is 0.166. The van der Waals surface area contributed by atoms with Crippen molar-refractivity contribution >= 4 is 33.7 Å². The molecule has 1 aliphatic rings. The van der Waals surface area contributed by atoms with Crippen molar-refractivity contribution in [1.29, 1.82) is 0 Å². The third-order valence-corrected chi connectivity index (χ3v) is 4.47. The Hall–Kier alpha value is -2.78. The number of carboxylic acid groups (broad SMARTS) is 1. The first kappa shape index (κ1) is 16.7. The number of carbonyl (C=O) groups is 1. The molecule has 136 valence electrons. The first-order valence-electron chi connectivity index (χ1n) is 8.20. The molecule has 2 atom stereocenters. The van der Waals surface area contributed by atoms with E-state index in [1.807, 2.05) is 4.90 Å². The Balaban J connectivity index is 1.79. The number of rotatable bonds is 4.